The van der Waals surface area contributed by atoms with E-state index in [1.165, 1.54) is 0 Å². The standard InChI is InChI=1S/C17H11Cl3N6/c18-11-2-1-3-12(19)10(11)7-26-8-23-15(21)14-17(26)25-16(24-14)9-6-22-5-4-13(9)20/h1-6,8,21H,7H2,(H,24,25). The van der Waals surface area contributed by atoms with Crippen LogP contribution in [0.25, 0.3) is 22.6 Å². The molecular formula is C17H11Cl3N6. The van der Waals surface area contributed by atoms with Crippen molar-refractivity contribution in [2.45, 2.75) is 6.54 Å². The van der Waals surface area contributed by atoms with Gasteiger partial charge in [0.05, 0.1) is 23.5 Å². The molecule has 0 saturated carbocycles. The van der Waals surface area contributed by atoms with Gasteiger partial charge in [0.25, 0.3) is 0 Å². The second kappa shape index (κ2) is 6.72. The highest BCUT2D eigenvalue weighted by molar-refractivity contribution is 6.36. The Hall–Kier alpha value is -2.41. The number of halogens is 3. The van der Waals surface area contributed by atoms with Crippen LogP contribution in [0.2, 0.25) is 15.1 Å². The molecule has 0 saturated heterocycles. The Balaban J connectivity index is 1.88. The summed E-state index contributed by atoms with van der Waals surface area (Å²) in [6, 6.07) is 7.02. The quantitative estimate of drug-likeness (QED) is 0.533. The molecule has 0 radical (unpaired) electrons. The van der Waals surface area contributed by atoms with E-state index in [1.807, 2.05) is 0 Å². The Labute approximate surface area is 162 Å². The van der Waals surface area contributed by atoms with Crippen molar-refractivity contribution in [1.29, 1.82) is 5.41 Å². The van der Waals surface area contributed by atoms with Crippen molar-refractivity contribution in [2.24, 2.45) is 0 Å². The van der Waals surface area contributed by atoms with E-state index in [0.29, 0.717) is 44.2 Å². The molecule has 3 heterocycles. The van der Waals surface area contributed by atoms with Crippen LogP contribution in [0.5, 0.6) is 0 Å². The number of benzene rings is 1. The summed E-state index contributed by atoms with van der Waals surface area (Å²) < 4.78 is 1.78. The molecule has 0 unspecified atom stereocenters. The Morgan fingerprint density at radius 3 is 2.58 bits per heavy atom. The number of nitrogens with zero attached hydrogens (tertiary/aromatic N) is 4. The molecule has 130 valence electrons. The summed E-state index contributed by atoms with van der Waals surface area (Å²) in [7, 11) is 0. The molecule has 4 aromatic rings. The SMILES string of the molecule is N=c1ncn(Cc2c(Cl)cccc2Cl)c2nc(-c3cnccc3Cl)[nH]c12. The largest absolute Gasteiger partial charge is 0.333 e. The van der Waals surface area contributed by atoms with Gasteiger partial charge in [-0.25, -0.2) is 9.97 Å². The number of fused-ring (bicyclic) bond motifs is 1. The average Bonchev–Trinajstić information content (AvgIpc) is 3.07. The number of hydrogen-bond acceptors (Lipinski definition) is 4. The Morgan fingerprint density at radius 1 is 1.08 bits per heavy atom. The van der Waals surface area contributed by atoms with E-state index in [1.54, 1.807) is 47.6 Å². The maximum absolute atomic E-state index is 8.06. The van der Waals surface area contributed by atoms with Crippen LogP contribution in [-0.4, -0.2) is 24.5 Å². The summed E-state index contributed by atoms with van der Waals surface area (Å²) >= 11 is 18.8. The minimum absolute atomic E-state index is 0.0836. The number of nitrogens with one attached hydrogen (secondary N) is 2. The molecular weight excluding hydrogens is 395 g/mol. The Bertz CT molecular complexity index is 1160. The van der Waals surface area contributed by atoms with Crippen LogP contribution in [0.1, 0.15) is 5.56 Å². The first-order chi connectivity index (χ1) is 12.5. The van der Waals surface area contributed by atoms with Crippen LogP contribution in [0.3, 0.4) is 0 Å². The van der Waals surface area contributed by atoms with Gasteiger partial charge in [0.1, 0.15) is 11.3 Å². The zero-order chi connectivity index (χ0) is 18.3. The van der Waals surface area contributed by atoms with Gasteiger partial charge in [-0.05, 0) is 18.2 Å². The lowest BCUT2D eigenvalue weighted by molar-refractivity contribution is 0.784. The first-order valence-electron chi connectivity index (χ1n) is 7.57. The van der Waals surface area contributed by atoms with E-state index in [0.717, 1.165) is 5.56 Å². The van der Waals surface area contributed by atoms with Gasteiger partial charge < -0.3 is 9.55 Å². The predicted octanol–water partition coefficient (Wildman–Crippen LogP) is 4.31. The molecule has 3 aromatic heterocycles. The second-order valence-corrected chi connectivity index (χ2v) is 6.78. The molecule has 6 nitrogen and oxygen atoms in total. The first-order valence-corrected chi connectivity index (χ1v) is 8.70. The highest BCUT2D eigenvalue weighted by atomic mass is 35.5. The highest BCUT2D eigenvalue weighted by Crippen LogP contribution is 2.28. The number of H-pyrrole nitrogens is 1. The lowest BCUT2D eigenvalue weighted by Gasteiger charge is -2.10. The molecule has 0 bridgehead atoms. The van der Waals surface area contributed by atoms with Crippen LogP contribution in [0.15, 0.2) is 43.0 Å². The van der Waals surface area contributed by atoms with E-state index >= 15 is 0 Å². The maximum atomic E-state index is 8.06. The molecule has 1 aromatic carbocycles. The van der Waals surface area contributed by atoms with Crippen molar-refractivity contribution >= 4 is 46.0 Å². The number of rotatable bonds is 3. The van der Waals surface area contributed by atoms with E-state index < -0.39 is 0 Å². The maximum Gasteiger partial charge on any atom is 0.173 e. The fourth-order valence-electron chi connectivity index (χ4n) is 2.63. The smallest absolute Gasteiger partial charge is 0.173 e. The topological polar surface area (TPSA) is 83.2 Å². The van der Waals surface area contributed by atoms with Crippen LogP contribution in [-0.2, 0) is 6.54 Å². The number of aromatic nitrogens is 5. The molecule has 26 heavy (non-hydrogen) atoms. The van der Waals surface area contributed by atoms with Crippen LogP contribution in [0.4, 0.5) is 0 Å². The second-order valence-electron chi connectivity index (χ2n) is 5.56. The molecule has 0 atom stereocenters. The molecule has 9 heteroatoms. The van der Waals surface area contributed by atoms with Gasteiger partial charge in [-0.3, -0.25) is 10.4 Å². The van der Waals surface area contributed by atoms with E-state index in [4.69, 9.17) is 40.2 Å². The normalized spacial score (nSPS) is 11.2. The van der Waals surface area contributed by atoms with Crippen molar-refractivity contribution in [3.63, 3.8) is 0 Å². The lowest BCUT2D eigenvalue weighted by Crippen LogP contribution is -2.13. The summed E-state index contributed by atoms with van der Waals surface area (Å²) in [4.78, 5) is 15.9. The van der Waals surface area contributed by atoms with Crippen molar-refractivity contribution in [3.05, 3.63) is 69.1 Å². The van der Waals surface area contributed by atoms with Gasteiger partial charge in [0, 0.05) is 28.0 Å². The monoisotopic (exact) mass is 404 g/mol. The Morgan fingerprint density at radius 2 is 1.85 bits per heavy atom. The number of pyridine rings is 1. The number of imidazole rings is 1. The van der Waals surface area contributed by atoms with Gasteiger partial charge in [-0.1, -0.05) is 40.9 Å². The van der Waals surface area contributed by atoms with Crippen LogP contribution in [0, 0.1) is 5.41 Å². The molecule has 2 N–H and O–H groups in total. The van der Waals surface area contributed by atoms with Crippen molar-refractivity contribution in [2.75, 3.05) is 0 Å². The molecule has 0 aliphatic heterocycles. The third kappa shape index (κ3) is 2.96. The number of hydrogen-bond donors (Lipinski definition) is 2. The minimum Gasteiger partial charge on any atom is -0.333 e. The summed E-state index contributed by atoms with van der Waals surface area (Å²) in [5.41, 5.74) is 2.53. The number of aromatic amines is 1. The van der Waals surface area contributed by atoms with Crippen LogP contribution < -0.4 is 5.49 Å². The molecule has 0 aliphatic rings. The van der Waals surface area contributed by atoms with Gasteiger partial charge in [0.15, 0.2) is 11.1 Å². The van der Waals surface area contributed by atoms with Crippen molar-refractivity contribution in [1.82, 2.24) is 24.5 Å². The highest BCUT2D eigenvalue weighted by Gasteiger charge is 2.14. The molecule has 0 fully saturated rings. The van der Waals surface area contributed by atoms with E-state index in [9.17, 15) is 0 Å². The molecule has 0 spiro atoms. The molecule has 0 amide bonds. The lowest BCUT2D eigenvalue weighted by atomic mass is 10.2. The third-order valence-corrected chi connectivity index (χ3v) is 4.97. The van der Waals surface area contributed by atoms with Crippen molar-refractivity contribution < 1.29 is 0 Å². The molecule has 0 aliphatic carbocycles. The van der Waals surface area contributed by atoms with Gasteiger partial charge in [-0.2, -0.15) is 0 Å². The summed E-state index contributed by atoms with van der Waals surface area (Å²) in [6.07, 6.45) is 4.76. The fourth-order valence-corrected chi connectivity index (χ4v) is 3.34. The fraction of sp³-hybridized carbons (Fsp3) is 0.0588. The van der Waals surface area contributed by atoms with Crippen LogP contribution >= 0.6 is 34.8 Å². The summed E-state index contributed by atoms with van der Waals surface area (Å²) in [5, 5.41) is 9.68. The van der Waals surface area contributed by atoms with Gasteiger partial charge in [0.2, 0.25) is 0 Å². The predicted molar refractivity (Wildman–Crippen MR) is 102 cm³/mol. The summed E-state index contributed by atoms with van der Waals surface area (Å²) in [5.74, 6) is 0.513. The van der Waals surface area contributed by atoms with Gasteiger partial charge >= 0.3 is 0 Å². The summed E-state index contributed by atoms with van der Waals surface area (Å²) in [6.45, 7) is 0.368. The molecule has 4 rings (SSSR count). The van der Waals surface area contributed by atoms with Gasteiger partial charge in [-0.15, -0.1) is 0 Å². The first kappa shape index (κ1) is 17.0. The third-order valence-electron chi connectivity index (χ3n) is 3.93. The zero-order valence-electron chi connectivity index (χ0n) is 13.2. The van der Waals surface area contributed by atoms with E-state index in [2.05, 4.69) is 19.9 Å². The van der Waals surface area contributed by atoms with E-state index in [-0.39, 0.29) is 5.49 Å². The Kier molecular flexibility index (Phi) is 4.40. The van der Waals surface area contributed by atoms with Crippen molar-refractivity contribution in [3.8, 4) is 11.4 Å². The zero-order valence-corrected chi connectivity index (χ0v) is 15.4. The minimum atomic E-state index is 0.0836. The average molecular weight is 406 g/mol.